The lowest BCUT2D eigenvalue weighted by atomic mass is 9.67. The molecule has 1 aliphatic carbocycles. The van der Waals surface area contributed by atoms with Crippen LogP contribution in [0.5, 0.6) is 0 Å². The van der Waals surface area contributed by atoms with E-state index in [1.807, 2.05) is 5.38 Å². The van der Waals surface area contributed by atoms with E-state index in [1.165, 1.54) is 0 Å². The van der Waals surface area contributed by atoms with E-state index < -0.39 is 0 Å². The molecule has 0 spiro atoms. The van der Waals surface area contributed by atoms with Gasteiger partial charge in [-0.3, -0.25) is 0 Å². The molecule has 0 saturated heterocycles. The molecule has 1 saturated carbocycles. The van der Waals surface area contributed by atoms with Gasteiger partial charge < -0.3 is 5.32 Å². The van der Waals surface area contributed by atoms with Gasteiger partial charge in [0, 0.05) is 16.8 Å². The quantitative estimate of drug-likeness (QED) is 0.846. The summed E-state index contributed by atoms with van der Waals surface area (Å²) in [6.07, 6.45) is 2.61. The predicted octanol–water partition coefficient (Wildman–Crippen LogP) is 3.51. The lowest BCUT2D eigenvalue weighted by molar-refractivity contribution is 0.168. The van der Waals surface area contributed by atoms with Crippen molar-refractivity contribution in [3.63, 3.8) is 0 Å². The van der Waals surface area contributed by atoms with E-state index in [-0.39, 0.29) is 10.8 Å². The van der Waals surface area contributed by atoms with Gasteiger partial charge >= 0.3 is 0 Å². The van der Waals surface area contributed by atoms with Crippen LogP contribution < -0.4 is 5.32 Å². The van der Waals surface area contributed by atoms with Crippen molar-refractivity contribution in [1.82, 2.24) is 9.97 Å². The van der Waals surface area contributed by atoms with Gasteiger partial charge in [0.05, 0.1) is 5.39 Å². The topological polar surface area (TPSA) is 37.8 Å². The number of hydrogen-bond acceptors (Lipinski definition) is 4. The smallest absolute Gasteiger partial charge is 0.138 e. The molecule has 90 valence electrons. The first-order valence-corrected chi connectivity index (χ1v) is 6.99. The molecule has 0 aromatic carbocycles. The number of halogens is 1. The van der Waals surface area contributed by atoms with Crippen molar-refractivity contribution in [3.05, 3.63) is 17.8 Å². The molecular weight excluding hydrogens is 254 g/mol. The molecule has 2 atom stereocenters. The number of nitrogens with zero attached hydrogens (tertiary/aromatic N) is 2. The average Bonchev–Trinajstić information content (AvgIpc) is 2.77. The lowest BCUT2D eigenvalue weighted by Crippen LogP contribution is -2.54. The van der Waals surface area contributed by atoms with E-state index >= 15 is 0 Å². The molecule has 0 radical (unpaired) electrons. The first kappa shape index (κ1) is 11.2. The summed E-state index contributed by atoms with van der Waals surface area (Å²) in [6.45, 7) is 4.38. The summed E-state index contributed by atoms with van der Waals surface area (Å²) in [5.74, 6) is 0.929. The summed E-state index contributed by atoms with van der Waals surface area (Å²) >= 11 is 7.87. The van der Waals surface area contributed by atoms with E-state index in [0.29, 0.717) is 6.04 Å². The van der Waals surface area contributed by atoms with Crippen LogP contribution in [-0.4, -0.2) is 21.4 Å². The second-order valence-corrected chi connectivity index (χ2v) is 6.50. The van der Waals surface area contributed by atoms with Crippen molar-refractivity contribution in [2.45, 2.75) is 31.7 Å². The lowest BCUT2D eigenvalue weighted by Gasteiger charge is -2.49. The van der Waals surface area contributed by atoms with E-state index in [4.69, 9.17) is 11.6 Å². The minimum absolute atomic E-state index is 0.120. The fraction of sp³-hybridized carbons (Fsp3) is 0.500. The van der Waals surface area contributed by atoms with Crippen LogP contribution in [0.1, 0.15) is 20.3 Å². The summed E-state index contributed by atoms with van der Waals surface area (Å²) in [6, 6.07) is 2.45. The molecule has 1 aliphatic rings. The Balaban J connectivity index is 1.89. The Morgan fingerprint density at radius 3 is 3.00 bits per heavy atom. The Bertz CT molecular complexity index is 551. The van der Waals surface area contributed by atoms with Gasteiger partial charge in [0.2, 0.25) is 0 Å². The van der Waals surface area contributed by atoms with Gasteiger partial charge in [-0.15, -0.1) is 22.9 Å². The predicted molar refractivity (Wildman–Crippen MR) is 72.9 cm³/mol. The second-order valence-electron chi connectivity index (χ2n) is 5.08. The first-order valence-electron chi connectivity index (χ1n) is 5.68. The maximum absolute atomic E-state index is 6.23. The van der Waals surface area contributed by atoms with Gasteiger partial charge in [-0.05, 0) is 17.9 Å². The average molecular weight is 268 g/mol. The minimum atomic E-state index is 0.120. The molecular formula is C12H14ClN3S. The van der Waals surface area contributed by atoms with Gasteiger partial charge in [0.15, 0.2) is 0 Å². The largest absolute Gasteiger partial charge is 0.366 e. The number of anilines is 1. The number of hydrogen-bond donors (Lipinski definition) is 1. The summed E-state index contributed by atoms with van der Waals surface area (Å²) in [5.41, 5.74) is 0.120. The Hall–Kier alpha value is -0.870. The molecule has 17 heavy (non-hydrogen) atoms. The fourth-order valence-electron chi connectivity index (χ4n) is 2.19. The molecule has 0 bridgehead atoms. The van der Waals surface area contributed by atoms with Gasteiger partial charge in [-0.1, -0.05) is 13.8 Å². The monoisotopic (exact) mass is 267 g/mol. The molecule has 5 heteroatoms. The third-order valence-corrected chi connectivity index (χ3v) is 5.28. The van der Waals surface area contributed by atoms with Crippen LogP contribution in [-0.2, 0) is 0 Å². The number of thiophene rings is 1. The Morgan fingerprint density at radius 1 is 1.47 bits per heavy atom. The highest BCUT2D eigenvalue weighted by Crippen LogP contribution is 2.46. The molecule has 0 aliphatic heterocycles. The number of alkyl halides is 1. The standard InChI is InChI=1S/C12H14ClN3S/c1-12(2)8(13)5-9(12)16-10-7-3-4-17-11(7)15-6-14-10/h3-4,6,8-9H,5H2,1-2H3,(H,14,15,16). The Morgan fingerprint density at radius 2 is 2.29 bits per heavy atom. The van der Waals surface area contributed by atoms with E-state index in [0.717, 1.165) is 22.5 Å². The van der Waals surface area contributed by atoms with Crippen LogP contribution in [0.15, 0.2) is 17.8 Å². The highest BCUT2D eigenvalue weighted by Gasteiger charge is 2.47. The number of rotatable bonds is 2. The maximum atomic E-state index is 6.23. The van der Waals surface area contributed by atoms with Gasteiger partial charge in [0.25, 0.3) is 0 Å². The molecule has 2 aromatic heterocycles. The highest BCUT2D eigenvalue weighted by atomic mass is 35.5. The number of fused-ring (bicyclic) bond motifs is 1. The zero-order chi connectivity index (χ0) is 12.0. The Kier molecular flexibility index (Phi) is 2.52. The van der Waals surface area contributed by atoms with Crippen LogP contribution in [0.25, 0.3) is 10.2 Å². The van der Waals surface area contributed by atoms with E-state index in [1.54, 1.807) is 17.7 Å². The van der Waals surface area contributed by atoms with Crippen LogP contribution in [0.2, 0.25) is 0 Å². The summed E-state index contributed by atoms with van der Waals surface area (Å²) in [4.78, 5) is 9.61. The van der Waals surface area contributed by atoms with Crippen molar-refractivity contribution in [2.24, 2.45) is 5.41 Å². The second kappa shape index (κ2) is 3.82. The van der Waals surface area contributed by atoms with Gasteiger partial charge in [-0.2, -0.15) is 0 Å². The first-order chi connectivity index (χ1) is 8.09. The summed E-state index contributed by atoms with van der Waals surface area (Å²) in [7, 11) is 0. The van der Waals surface area contributed by atoms with Crippen molar-refractivity contribution in [2.75, 3.05) is 5.32 Å². The summed E-state index contributed by atoms with van der Waals surface area (Å²) in [5, 5.41) is 6.89. The molecule has 3 nitrogen and oxygen atoms in total. The van der Waals surface area contributed by atoms with Crippen LogP contribution in [0.4, 0.5) is 5.82 Å². The van der Waals surface area contributed by atoms with Crippen molar-refractivity contribution in [3.8, 4) is 0 Å². The molecule has 3 rings (SSSR count). The molecule has 2 unspecified atom stereocenters. The highest BCUT2D eigenvalue weighted by molar-refractivity contribution is 7.16. The summed E-state index contributed by atoms with van der Waals surface area (Å²) < 4.78 is 0. The fourth-order valence-corrected chi connectivity index (χ4v) is 3.25. The maximum Gasteiger partial charge on any atom is 0.138 e. The molecule has 1 fully saturated rings. The third kappa shape index (κ3) is 1.70. The van der Waals surface area contributed by atoms with Gasteiger partial charge in [-0.25, -0.2) is 9.97 Å². The number of aromatic nitrogens is 2. The molecule has 0 amide bonds. The van der Waals surface area contributed by atoms with Crippen molar-refractivity contribution < 1.29 is 0 Å². The van der Waals surface area contributed by atoms with E-state index in [9.17, 15) is 0 Å². The minimum Gasteiger partial charge on any atom is -0.366 e. The van der Waals surface area contributed by atoms with Crippen LogP contribution in [0, 0.1) is 5.41 Å². The number of nitrogens with one attached hydrogen (secondary N) is 1. The molecule has 1 N–H and O–H groups in total. The zero-order valence-electron chi connectivity index (χ0n) is 9.77. The van der Waals surface area contributed by atoms with Crippen molar-refractivity contribution in [1.29, 1.82) is 0 Å². The van der Waals surface area contributed by atoms with E-state index in [2.05, 4.69) is 35.2 Å². The zero-order valence-corrected chi connectivity index (χ0v) is 11.3. The third-order valence-electron chi connectivity index (χ3n) is 3.72. The van der Waals surface area contributed by atoms with Crippen LogP contribution in [0.3, 0.4) is 0 Å². The Labute approximate surface area is 109 Å². The normalized spacial score (nSPS) is 26.8. The molecule has 2 aromatic rings. The van der Waals surface area contributed by atoms with Crippen LogP contribution >= 0.6 is 22.9 Å². The van der Waals surface area contributed by atoms with Gasteiger partial charge in [0.1, 0.15) is 17.0 Å². The van der Waals surface area contributed by atoms with Crippen molar-refractivity contribution >= 4 is 39.0 Å². The molecule has 2 heterocycles. The SMILES string of the molecule is CC1(C)C(Cl)CC1Nc1ncnc2sccc12.